The molecule has 1 unspecified atom stereocenters. The fourth-order valence-corrected chi connectivity index (χ4v) is 2.68. The van der Waals surface area contributed by atoms with Crippen LogP contribution in [-0.4, -0.2) is 23.4 Å². The van der Waals surface area contributed by atoms with Crippen LogP contribution in [0, 0.1) is 0 Å². The largest absolute Gasteiger partial charge is 0.336 e. The average molecular weight is 271 g/mol. The third-order valence-electron chi connectivity index (χ3n) is 4.11. The molecule has 1 aromatic carbocycles. The van der Waals surface area contributed by atoms with Gasteiger partial charge in [0.2, 0.25) is 5.91 Å². The van der Waals surface area contributed by atoms with Crippen LogP contribution in [0.2, 0.25) is 0 Å². The van der Waals surface area contributed by atoms with Gasteiger partial charge in [-0.15, -0.1) is 0 Å². The normalized spacial score (nSPS) is 19.8. The van der Waals surface area contributed by atoms with Crippen LogP contribution >= 0.6 is 0 Å². The number of carbonyl (C=O) groups excluding carboxylic acids is 1. The zero-order valence-corrected chi connectivity index (χ0v) is 12.8. The summed E-state index contributed by atoms with van der Waals surface area (Å²) in [6.45, 7) is 7.41. The number of piperidine rings is 1. The second-order valence-electron chi connectivity index (χ2n) is 6.03. The summed E-state index contributed by atoms with van der Waals surface area (Å²) >= 11 is 0. The van der Waals surface area contributed by atoms with Crippen molar-refractivity contribution in [3.05, 3.63) is 41.5 Å². The first-order valence-electron chi connectivity index (χ1n) is 7.66. The lowest BCUT2D eigenvalue weighted by atomic mass is 10.0. The SMILES string of the molecule is CC(C)c1ccc(/C=C/C(=O)N2CCCCC2C)cc1. The van der Waals surface area contributed by atoms with E-state index in [-0.39, 0.29) is 5.91 Å². The van der Waals surface area contributed by atoms with Gasteiger partial charge in [-0.25, -0.2) is 0 Å². The zero-order chi connectivity index (χ0) is 14.5. The minimum Gasteiger partial charge on any atom is -0.336 e. The molecule has 0 aromatic heterocycles. The van der Waals surface area contributed by atoms with Crippen molar-refractivity contribution in [1.82, 2.24) is 4.90 Å². The second kappa shape index (κ2) is 6.74. The van der Waals surface area contributed by atoms with E-state index in [4.69, 9.17) is 0 Å². The van der Waals surface area contributed by atoms with Gasteiger partial charge >= 0.3 is 0 Å². The topological polar surface area (TPSA) is 20.3 Å². The number of nitrogens with zero attached hydrogens (tertiary/aromatic N) is 1. The number of rotatable bonds is 3. The monoisotopic (exact) mass is 271 g/mol. The molecule has 2 nitrogen and oxygen atoms in total. The van der Waals surface area contributed by atoms with E-state index in [0.717, 1.165) is 24.9 Å². The van der Waals surface area contributed by atoms with Gasteiger partial charge in [0.1, 0.15) is 0 Å². The van der Waals surface area contributed by atoms with Crippen molar-refractivity contribution < 1.29 is 4.79 Å². The number of likely N-dealkylation sites (tertiary alicyclic amines) is 1. The minimum absolute atomic E-state index is 0.144. The van der Waals surface area contributed by atoms with Crippen LogP contribution in [0.5, 0.6) is 0 Å². The van der Waals surface area contributed by atoms with Crippen molar-refractivity contribution in [3.8, 4) is 0 Å². The van der Waals surface area contributed by atoms with E-state index in [1.165, 1.54) is 12.0 Å². The van der Waals surface area contributed by atoms with E-state index in [1.54, 1.807) is 6.08 Å². The van der Waals surface area contributed by atoms with E-state index in [1.807, 2.05) is 11.0 Å². The van der Waals surface area contributed by atoms with Crippen molar-refractivity contribution in [2.24, 2.45) is 0 Å². The van der Waals surface area contributed by atoms with Crippen molar-refractivity contribution in [2.75, 3.05) is 6.54 Å². The lowest BCUT2D eigenvalue weighted by molar-refractivity contribution is -0.129. The van der Waals surface area contributed by atoms with Gasteiger partial charge in [0.25, 0.3) is 0 Å². The Morgan fingerprint density at radius 1 is 1.25 bits per heavy atom. The molecule has 20 heavy (non-hydrogen) atoms. The van der Waals surface area contributed by atoms with E-state index < -0.39 is 0 Å². The predicted octanol–water partition coefficient (Wildman–Crippen LogP) is 4.22. The maximum absolute atomic E-state index is 12.2. The van der Waals surface area contributed by atoms with Gasteiger partial charge < -0.3 is 4.90 Å². The van der Waals surface area contributed by atoms with Crippen LogP contribution in [0.1, 0.15) is 57.1 Å². The van der Waals surface area contributed by atoms with E-state index in [0.29, 0.717) is 12.0 Å². The average Bonchev–Trinajstić information content (AvgIpc) is 2.45. The van der Waals surface area contributed by atoms with Crippen molar-refractivity contribution in [1.29, 1.82) is 0 Å². The first-order chi connectivity index (χ1) is 9.58. The summed E-state index contributed by atoms with van der Waals surface area (Å²) in [5, 5.41) is 0. The number of hydrogen-bond donors (Lipinski definition) is 0. The third kappa shape index (κ3) is 3.72. The quantitative estimate of drug-likeness (QED) is 0.754. The summed E-state index contributed by atoms with van der Waals surface area (Å²) < 4.78 is 0. The molecule has 108 valence electrons. The Labute approximate surface area is 122 Å². The molecule has 1 aliphatic heterocycles. The lowest BCUT2D eigenvalue weighted by Gasteiger charge is -2.32. The Hall–Kier alpha value is -1.57. The van der Waals surface area contributed by atoms with Gasteiger partial charge in [-0.05, 0) is 49.3 Å². The fourth-order valence-electron chi connectivity index (χ4n) is 2.68. The third-order valence-corrected chi connectivity index (χ3v) is 4.11. The van der Waals surface area contributed by atoms with Gasteiger partial charge in [-0.1, -0.05) is 38.1 Å². The maximum Gasteiger partial charge on any atom is 0.246 e. The molecule has 2 rings (SSSR count). The van der Waals surface area contributed by atoms with Gasteiger partial charge in [0.05, 0.1) is 0 Å². The first-order valence-corrected chi connectivity index (χ1v) is 7.66. The van der Waals surface area contributed by atoms with Crippen LogP contribution < -0.4 is 0 Å². The summed E-state index contributed by atoms with van der Waals surface area (Å²) in [6.07, 6.45) is 7.14. The number of carbonyl (C=O) groups is 1. The molecule has 1 amide bonds. The predicted molar refractivity (Wildman–Crippen MR) is 84.6 cm³/mol. The summed E-state index contributed by atoms with van der Waals surface area (Å²) in [5.74, 6) is 0.689. The lowest BCUT2D eigenvalue weighted by Crippen LogP contribution is -2.41. The molecule has 1 aliphatic rings. The van der Waals surface area contributed by atoms with Gasteiger partial charge in [-0.3, -0.25) is 4.79 Å². The highest BCUT2D eigenvalue weighted by atomic mass is 16.2. The van der Waals surface area contributed by atoms with Crippen molar-refractivity contribution in [2.45, 2.75) is 52.0 Å². The fraction of sp³-hybridized carbons (Fsp3) is 0.500. The molecule has 0 N–H and O–H groups in total. The summed E-state index contributed by atoms with van der Waals surface area (Å²) in [6, 6.07) is 8.82. The number of benzene rings is 1. The van der Waals surface area contributed by atoms with Crippen LogP contribution in [0.25, 0.3) is 6.08 Å². The van der Waals surface area contributed by atoms with Gasteiger partial charge in [0.15, 0.2) is 0 Å². The summed E-state index contributed by atoms with van der Waals surface area (Å²) in [7, 11) is 0. The smallest absolute Gasteiger partial charge is 0.246 e. The van der Waals surface area contributed by atoms with Crippen LogP contribution in [0.3, 0.4) is 0 Å². The molecule has 0 saturated carbocycles. The standard InChI is InChI=1S/C18H25NO/c1-14(2)17-10-7-16(8-11-17)9-12-18(20)19-13-5-4-6-15(19)3/h7-12,14-15H,4-6,13H2,1-3H3/b12-9+. The highest BCUT2D eigenvalue weighted by Gasteiger charge is 2.20. The Kier molecular flexibility index (Phi) is 4.99. The van der Waals surface area contributed by atoms with Gasteiger partial charge in [0, 0.05) is 18.7 Å². The molecular weight excluding hydrogens is 246 g/mol. The highest BCUT2D eigenvalue weighted by Crippen LogP contribution is 2.18. The van der Waals surface area contributed by atoms with Crippen molar-refractivity contribution >= 4 is 12.0 Å². The maximum atomic E-state index is 12.2. The molecule has 0 spiro atoms. The van der Waals surface area contributed by atoms with Crippen molar-refractivity contribution in [3.63, 3.8) is 0 Å². The van der Waals surface area contributed by atoms with Gasteiger partial charge in [-0.2, -0.15) is 0 Å². The molecule has 1 fully saturated rings. The molecule has 1 aromatic rings. The molecule has 0 aliphatic carbocycles. The molecule has 1 saturated heterocycles. The molecule has 0 bridgehead atoms. The number of amides is 1. The Bertz CT molecular complexity index is 473. The second-order valence-corrected chi connectivity index (χ2v) is 6.03. The Morgan fingerprint density at radius 3 is 2.55 bits per heavy atom. The molecule has 1 atom stereocenters. The zero-order valence-electron chi connectivity index (χ0n) is 12.8. The minimum atomic E-state index is 0.144. The van der Waals surface area contributed by atoms with E-state index in [9.17, 15) is 4.79 Å². The molecule has 1 heterocycles. The Balaban J connectivity index is 1.99. The van der Waals surface area contributed by atoms with Crippen LogP contribution in [0.4, 0.5) is 0 Å². The first kappa shape index (κ1) is 14.8. The van der Waals surface area contributed by atoms with Crippen LogP contribution in [0.15, 0.2) is 30.3 Å². The Morgan fingerprint density at radius 2 is 1.95 bits per heavy atom. The highest BCUT2D eigenvalue weighted by molar-refractivity contribution is 5.92. The van der Waals surface area contributed by atoms with E-state index in [2.05, 4.69) is 45.0 Å². The summed E-state index contributed by atoms with van der Waals surface area (Å²) in [4.78, 5) is 14.2. The van der Waals surface area contributed by atoms with E-state index >= 15 is 0 Å². The molecular formula is C18H25NO. The van der Waals surface area contributed by atoms with Crippen LogP contribution in [-0.2, 0) is 4.79 Å². The summed E-state index contributed by atoms with van der Waals surface area (Å²) in [5.41, 5.74) is 2.42. The molecule has 2 heteroatoms. The molecule has 0 radical (unpaired) electrons. The number of hydrogen-bond acceptors (Lipinski definition) is 1.